The monoisotopic (exact) mass is 296 g/mol. The number of rotatable bonds is 4. The fourth-order valence-electron chi connectivity index (χ4n) is 1.49. The Kier molecular flexibility index (Phi) is 4.30. The number of benzene rings is 2. The molecule has 0 bridgehead atoms. The van der Waals surface area contributed by atoms with Crippen molar-refractivity contribution in [1.82, 2.24) is 0 Å². The van der Waals surface area contributed by atoms with Gasteiger partial charge in [0.05, 0.1) is 10.6 Å². The van der Waals surface area contributed by atoms with Gasteiger partial charge in [0.1, 0.15) is 12.4 Å². The quantitative estimate of drug-likeness (QED) is 0.916. The van der Waals surface area contributed by atoms with Gasteiger partial charge in [-0.15, -0.1) is 0 Å². The first-order valence-electron chi connectivity index (χ1n) is 5.46. The number of hydrogen-bond donors (Lipinski definition) is 1. The van der Waals surface area contributed by atoms with Gasteiger partial charge < -0.3 is 9.84 Å². The third kappa shape index (κ3) is 3.63. The molecule has 2 rings (SSSR count). The van der Waals surface area contributed by atoms with E-state index in [2.05, 4.69) is 0 Å². The minimum atomic E-state index is -1.02. The topological polar surface area (TPSA) is 46.5 Å². The number of hydrogen-bond acceptors (Lipinski definition) is 2. The van der Waals surface area contributed by atoms with Gasteiger partial charge in [-0.2, -0.15) is 0 Å². The molecule has 2 aromatic carbocycles. The van der Waals surface area contributed by atoms with Crippen molar-refractivity contribution in [2.75, 3.05) is 0 Å². The van der Waals surface area contributed by atoms with E-state index in [0.29, 0.717) is 17.4 Å². The first-order chi connectivity index (χ1) is 9.06. The predicted molar refractivity (Wildman–Crippen MR) is 74.2 cm³/mol. The Hall–Kier alpha value is -1.71. The van der Waals surface area contributed by atoms with Gasteiger partial charge in [-0.3, -0.25) is 0 Å². The van der Waals surface area contributed by atoms with Gasteiger partial charge in [-0.05, 0) is 35.9 Å². The van der Waals surface area contributed by atoms with Crippen molar-refractivity contribution in [2.24, 2.45) is 0 Å². The molecule has 1 N–H and O–H groups in total. The van der Waals surface area contributed by atoms with E-state index in [1.54, 1.807) is 18.2 Å². The lowest BCUT2D eigenvalue weighted by molar-refractivity contribution is 0.0697. The summed E-state index contributed by atoms with van der Waals surface area (Å²) in [6.45, 7) is 0.337. The number of aromatic carboxylic acids is 1. The molecule has 3 nitrogen and oxygen atoms in total. The Morgan fingerprint density at radius 1 is 1.11 bits per heavy atom. The molecule has 0 saturated carbocycles. The molecule has 0 aliphatic carbocycles. The lowest BCUT2D eigenvalue weighted by Gasteiger charge is -2.08. The Bertz CT molecular complexity index is 594. The largest absolute Gasteiger partial charge is 0.487 e. The number of carbonyl (C=O) groups is 1. The molecule has 2 aromatic rings. The van der Waals surface area contributed by atoms with Crippen LogP contribution in [0.15, 0.2) is 42.5 Å². The van der Waals surface area contributed by atoms with Crippen LogP contribution in [0, 0.1) is 0 Å². The number of halogens is 2. The normalized spacial score (nSPS) is 10.2. The van der Waals surface area contributed by atoms with Crippen LogP contribution in [-0.2, 0) is 6.61 Å². The van der Waals surface area contributed by atoms with Crippen LogP contribution in [0.2, 0.25) is 10.0 Å². The molecule has 0 aliphatic rings. The smallest absolute Gasteiger partial charge is 0.335 e. The summed E-state index contributed by atoms with van der Waals surface area (Å²) in [4.78, 5) is 10.8. The average Bonchev–Trinajstić information content (AvgIpc) is 2.39. The van der Waals surface area contributed by atoms with E-state index in [4.69, 9.17) is 33.0 Å². The maximum absolute atomic E-state index is 10.8. The van der Waals surface area contributed by atoms with Crippen LogP contribution in [0.3, 0.4) is 0 Å². The maximum Gasteiger partial charge on any atom is 0.335 e. The van der Waals surface area contributed by atoms with Crippen molar-refractivity contribution in [3.63, 3.8) is 0 Å². The summed E-state index contributed by atoms with van der Waals surface area (Å²) in [5.74, 6) is -0.576. The zero-order valence-corrected chi connectivity index (χ0v) is 11.3. The number of carboxylic acid groups (broad SMARTS) is 1. The second-order valence-electron chi connectivity index (χ2n) is 3.87. The van der Waals surface area contributed by atoms with E-state index >= 15 is 0 Å². The molecule has 19 heavy (non-hydrogen) atoms. The van der Waals surface area contributed by atoms with Crippen molar-refractivity contribution in [2.45, 2.75) is 6.61 Å². The third-order valence-corrected chi connectivity index (χ3v) is 3.03. The van der Waals surface area contributed by atoms with Crippen LogP contribution in [0.4, 0.5) is 0 Å². The highest BCUT2D eigenvalue weighted by molar-refractivity contribution is 6.32. The molecular weight excluding hydrogens is 287 g/mol. The van der Waals surface area contributed by atoms with Gasteiger partial charge in [0.25, 0.3) is 0 Å². The van der Waals surface area contributed by atoms with Crippen molar-refractivity contribution in [3.8, 4) is 5.75 Å². The van der Waals surface area contributed by atoms with Crippen molar-refractivity contribution < 1.29 is 14.6 Å². The Morgan fingerprint density at radius 2 is 1.79 bits per heavy atom. The van der Waals surface area contributed by atoms with E-state index in [-0.39, 0.29) is 10.6 Å². The molecule has 0 heterocycles. The van der Waals surface area contributed by atoms with Gasteiger partial charge in [-0.25, -0.2) is 4.79 Å². The molecule has 0 amide bonds. The summed E-state index contributed by atoms with van der Waals surface area (Å²) < 4.78 is 5.53. The van der Waals surface area contributed by atoms with Gasteiger partial charge >= 0.3 is 5.97 Å². The zero-order chi connectivity index (χ0) is 13.8. The molecule has 98 valence electrons. The summed E-state index contributed by atoms with van der Waals surface area (Å²) in [5, 5.41) is 9.75. The highest BCUT2D eigenvalue weighted by Crippen LogP contribution is 2.26. The summed E-state index contributed by atoms with van der Waals surface area (Å²) in [6, 6.07) is 11.6. The fraction of sp³-hybridized carbons (Fsp3) is 0.0714. The van der Waals surface area contributed by atoms with Crippen molar-refractivity contribution in [3.05, 3.63) is 63.6 Å². The first kappa shape index (κ1) is 13.7. The zero-order valence-electron chi connectivity index (χ0n) is 9.77. The molecule has 5 heteroatoms. The lowest BCUT2D eigenvalue weighted by atomic mass is 10.2. The summed E-state index contributed by atoms with van der Waals surface area (Å²) in [5.41, 5.74) is 1.08. The van der Waals surface area contributed by atoms with Crippen LogP contribution >= 0.6 is 23.2 Å². The van der Waals surface area contributed by atoms with Gasteiger partial charge in [0.15, 0.2) is 0 Å². The first-order valence-corrected chi connectivity index (χ1v) is 6.22. The van der Waals surface area contributed by atoms with E-state index in [1.165, 1.54) is 12.1 Å². The van der Waals surface area contributed by atoms with Crippen LogP contribution in [-0.4, -0.2) is 11.1 Å². The Labute approximate surface area is 120 Å². The van der Waals surface area contributed by atoms with Crippen molar-refractivity contribution >= 4 is 29.2 Å². The molecule has 0 spiro atoms. The number of ether oxygens (including phenoxy) is 1. The SMILES string of the molecule is O=C(O)c1ccc(OCc2ccc(Cl)cc2)c(Cl)c1. The van der Waals surface area contributed by atoms with Gasteiger partial charge in [0.2, 0.25) is 0 Å². The van der Waals surface area contributed by atoms with Crippen LogP contribution in [0.5, 0.6) is 5.75 Å². The van der Waals surface area contributed by atoms with E-state index in [1.807, 2.05) is 12.1 Å². The minimum Gasteiger partial charge on any atom is -0.487 e. The molecule has 0 unspecified atom stereocenters. The van der Waals surface area contributed by atoms with Crippen molar-refractivity contribution in [1.29, 1.82) is 0 Å². The standard InChI is InChI=1S/C14H10Cl2O3/c15-11-4-1-9(2-5-11)8-19-13-6-3-10(14(17)18)7-12(13)16/h1-7H,8H2,(H,17,18). The average molecular weight is 297 g/mol. The van der Waals surface area contributed by atoms with Gasteiger partial charge in [0, 0.05) is 5.02 Å². The van der Waals surface area contributed by atoms with Crippen LogP contribution < -0.4 is 4.74 Å². The van der Waals surface area contributed by atoms with Gasteiger partial charge in [-0.1, -0.05) is 35.3 Å². The molecule has 0 aliphatic heterocycles. The molecular formula is C14H10Cl2O3. The van der Waals surface area contributed by atoms with E-state index in [9.17, 15) is 4.79 Å². The molecule has 0 saturated heterocycles. The second kappa shape index (κ2) is 5.95. The summed E-state index contributed by atoms with van der Waals surface area (Å²) in [7, 11) is 0. The maximum atomic E-state index is 10.8. The van der Waals surface area contributed by atoms with Crippen LogP contribution in [0.1, 0.15) is 15.9 Å². The highest BCUT2D eigenvalue weighted by Gasteiger charge is 2.08. The molecule has 0 fully saturated rings. The summed E-state index contributed by atoms with van der Waals surface area (Å²) in [6.07, 6.45) is 0. The lowest BCUT2D eigenvalue weighted by Crippen LogP contribution is -1.99. The van der Waals surface area contributed by atoms with Crippen LogP contribution in [0.25, 0.3) is 0 Å². The molecule has 0 aromatic heterocycles. The third-order valence-electron chi connectivity index (χ3n) is 2.49. The van der Waals surface area contributed by atoms with E-state index in [0.717, 1.165) is 5.56 Å². The minimum absolute atomic E-state index is 0.129. The highest BCUT2D eigenvalue weighted by atomic mass is 35.5. The Morgan fingerprint density at radius 3 is 2.37 bits per heavy atom. The Balaban J connectivity index is 2.07. The van der Waals surface area contributed by atoms with E-state index < -0.39 is 5.97 Å². The number of carboxylic acids is 1. The molecule has 0 atom stereocenters. The fourth-order valence-corrected chi connectivity index (χ4v) is 1.85. The predicted octanol–water partition coefficient (Wildman–Crippen LogP) is 4.27. The molecule has 0 radical (unpaired) electrons. The summed E-state index contributed by atoms with van der Waals surface area (Å²) >= 11 is 11.7. The second-order valence-corrected chi connectivity index (χ2v) is 4.71.